The zero-order chi connectivity index (χ0) is 14.8. The van der Waals surface area contributed by atoms with Gasteiger partial charge in [0.2, 0.25) is 5.78 Å². The molecule has 0 bridgehead atoms. The largest absolute Gasteiger partial charge is 0.396 e. The fourth-order valence-corrected chi connectivity index (χ4v) is 3.32. The van der Waals surface area contributed by atoms with Crippen LogP contribution in [0.5, 0.6) is 0 Å². The second-order valence-corrected chi connectivity index (χ2v) is 6.20. The van der Waals surface area contributed by atoms with Crippen molar-refractivity contribution in [2.24, 2.45) is 5.92 Å². The smallest absolute Gasteiger partial charge is 0.234 e. The Morgan fingerprint density at radius 3 is 2.76 bits per heavy atom. The van der Waals surface area contributed by atoms with Gasteiger partial charge in [0.15, 0.2) is 0 Å². The van der Waals surface area contributed by atoms with E-state index < -0.39 is 0 Å². The van der Waals surface area contributed by atoms with Crippen LogP contribution in [-0.2, 0) is 6.54 Å². The number of hydrogen-bond acceptors (Lipinski definition) is 4. The van der Waals surface area contributed by atoms with Crippen molar-refractivity contribution < 1.29 is 5.11 Å². The summed E-state index contributed by atoms with van der Waals surface area (Å²) in [6.07, 6.45) is 6.47. The molecule has 1 saturated carbocycles. The average molecular weight is 288 g/mol. The average Bonchev–Trinajstić information content (AvgIpc) is 2.89. The van der Waals surface area contributed by atoms with Gasteiger partial charge < -0.3 is 10.4 Å². The molecule has 0 radical (unpaired) electrons. The lowest BCUT2D eigenvalue weighted by Crippen LogP contribution is -2.33. The van der Waals surface area contributed by atoms with Gasteiger partial charge in [-0.1, -0.05) is 0 Å². The van der Waals surface area contributed by atoms with Gasteiger partial charge in [-0.2, -0.15) is 0 Å². The van der Waals surface area contributed by atoms with E-state index in [0.717, 1.165) is 43.7 Å². The van der Waals surface area contributed by atoms with E-state index in [0.29, 0.717) is 18.6 Å². The van der Waals surface area contributed by atoms with Gasteiger partial charge in [-0.3, -0.25) is 4.40 Å². The molecule has 0 atom stereocenters. The molecule has 2 heterocycles. The van der Waals surface area contributed by atoms with Gasteiger partial charge in [0.25, 0.3) is 0 Å². The molecule has 3 rings (SSSR count). The third-order valence-electron chi connectivity index (χ3n) is 4.54. The van der Waals surface area contributed by atoms with E-state index in [1.165, 1.54) is 11.4 Å². The Balaban J connectivity index is 1.66. The zero-order valence-electron chi connectivity index (χ0n) is 12.8. The van der Waals surface area contributed by atoms with E-state index in [-0.39, 0.29) is 0 Å². The quantitative estimate of drug-likeness (QED) is 0.903. The molecule has 5 nitrogen and oxygen atoms in total. The van der Waals surface area contributed by atoms with Gasteiger partial charge in [0.1, 0.15) is 0 Å². The third-order valence-corrected chi connectivity index (χ3v) is 4.54. The Morgan fingerprint density at radius 2 is 2.05 bits per heavy atom. The van der Waals surface area contributed by atoms with E-state index in [4.69, 9.17) is 0 Å². The summed E-state index contributed by atoms with van der Waals surface area (Å²) in [5.74, 6) is 1.29. The van der Waals surface area contributed by atoms with Gasteiger partial charge in [-0.25, -0.2) is 9.97 Å². The molecule has 0 spiro atoms. The first kappa shape index (κ1) is 14.5. The van der Waals surface area contributed by atoms with Gasteiger partial charge in [0.05, 0.1) is 11.9 Å². The standard InChI is InChI=1S/C16H24N4O/c1-11-7-12(2)20-15(9-18-16(20)19-11)8-17-14-5-3-13(10-21)4-6-14/h7,9,13-14,17,21H,3-6,8,10H2,1-2H3. The molecule has 0 aliphatic heterocycles. The highest BCUT2D eigenvalue weighted by Gasteiger charge is 2.20. The van der Waals surface area contributed by atoms with Gasteiger partial charge >= 0.3 is 0 Å². The number of aryl methyl sites for hydroxylation is 2. The zero-order valence-corrected chi connectivity index (χ0v) is 12.8. The van der Waals surface area contributed by atoms with Crippen LogP contribution in [0.3, 0.4) is 0 Å². The number of rotatable bonds is 4. The normalized spacial score (nSPS) is 22.8. The van der Waals surface area contributed by atoms with E-state index in [9.17, 15) is 5.11 Å². The van der Waals surface area contributed by atoms with Gasteiger partial charge in [-0.05, 0) is 51.5 Å². The molecular weight excluding hydrogens is 264 g/mol. The minimum absolute atomic E-state index is 0.337. The summed E-state index contributed by atoms with van der Waals surface area (Å²) in [5.41, 5.74) is 3.35. The van der Waals surface area contributed by atoms with E-state index in [2.05, 4.69) is 32.7 Å². The maximum Gasteiger partial charge on any atom is 0.234 e. The molecule has 114 valence electrons. The number of aromatic nitrogens is 3. The summed E-state index contributed by atoms with van der Waals surface area (Å²) >= 11 is 0. The van der Waals surface area contributed by atoms with Gasteiger partial charge in [0, 0.05) is 30.6 Å². The Labute approximate surface area is 125 Å². The highest BCUT2D eigenvalue weighted by molar-refractivity contribution is 5.35. The molecule has 2 aromatic heterocycles. The molecule has 5 heteroatoms. The fourth-order valence-electron chi connectivity index (χ4n) is 3.32. The summed E-state index contributed by atoms with van der Waals surface area (Å²) in [7, 11) is 0. The number of imidazole rings is 1. The van der Waals surface area contributed by atoms with Crippen molar-refractivity contribution in [1.82, 2.24) is 19.7 Å². The molecular formula is C16H24N4O. The first-order valence-corrected chi connectivity index (χ1v) is 7.82. The molecule has 0 unspecified atom stereocenters. The van der Waals surface area contributed by atoms with Crippen molar-refractivity contribution in [1.29, 1.82) is 0 Å². The second kappa shape index (κ2) is 6.12. The predicted octanol–water partition coefficient (Wildman–Crippen LogP) is 1.99. The second-order valence-electron chi connectivity index (χ2n) is 6.20. The highest BCUT2D eigenvalue weighted by atomic mass is 16.3. The van der Waals surface area contributed by atoms with Crippen molar-refractivity contribution in [2.45, 2.75) is 52.1 Å². The third kappa shape index (κ3) is 3.09. The van der Waals surface area contributed by atoms with Crippen LogP contribution >= 0.6 is 0 Å². The Kier molecular flexibility index (Phi) is 4.22. The van der Waals surface area contributed by atoms with E-state index in [1.807, 2.05) is 13.1 Å². The molecule has 0 amide bonds. The van der Waals surface area contributed by atoms with E-state index in [1.54, 1.807) is 0 Å². The maximum absolute atomic E-state index is 9.19. The molecule has 0 saturated heterocycles. The lowest BCUT2D eigenvalue weighted by atomic mass is 9.86. The number of nitrogens with zero attached hydrogens (tertiary/aromatic N) is 3. The lowest BCUT2D eigenvalue weighted by Gasteiger charge is -2.28. The summed E-state index contributed by atoms with van der Waals surface area (Å²) < 4.78 is 2.12. The summed E-state index contributed by atoms with van der Waals surface area (Å²) in [4.78, 5) is 8.88. The minimum atomic E-state index is 0.337. The number of hydrogen-bond donors (Lipinski definition) is 2. The van der Waals surface area contributed by atoms with Crippen LogP contribution in [0.4, 0.5) is 0 Å². The van der Waals surface area contributed by atoms with E-state index >= 15 is 0 Å². The molecule has 2 N–H and O–H groups in total. The Hall–Kier alpha value is -1.46. The fraction of sp³-hybridized carbons (Fsp3) is 0.625. The van der Waals surface area contributed by atoms with Crippen LogP contribution in [-0.4, -0.2) is 32.1 Å². The van der Waals surface area contributed by atoms with Crippen LogP contribution in [0.2, 0.25) is 0 Å². The number of nitrogens with one attached hydrogen (secondary N) is 1. The maximum atomic E-state index is 9.19. The molecule has 0 aromatic carbocycles. The predicted molar refractivity (Wildman–Crippen MR) is 82.1 cm³/mol. The monoisotopic (exact) mass is 288 g/mol. The summed E-state index contributed by atoms with van der Waals surface area (Å²) in [6, 6.07) is 2.64. The molecule has 1 fully saturated rings. The van der Waals surface area contributed by atoms with Crippen LogP contribution in [0.15, 0.2) is 12.3 Å². The first-order valence-electron chi connectivity index (χ1n) is 7.82. The number of fused-ring (bicyclic) bond motifs is 1. The Morgan fingerprint density at radius 1 is 1.29 bits per heavy atom. The van der Waals surface area contributed by atoms with Gasteiger partial charge in [-0.15, -0.1) is 0 Å². The highest BCUT2D eigenvalue weighted by Crippen LogP contribution is 2.24. The molecule has 21 heavy (non-hydrogen) atoms. The van der Waals surface area contributed by atoms with Crippen LogP contribution in [0.1, 0.15) is 42.8 Å². The van der Waals surface area contributed by atoms with Crippen LogP contribution in [0, 0.1) is 19.8 Å². The van der Waals surface area contributed by atoms with Crippen molar-refractivity contribution in [2.75, 3.05) is 6.61 Å². The van der Waals surface area contributed by atoms with Crippen molar-refractivity contribution >= 4 is 5.78 Å². The first-order chi connectivity index (χ1) is 10.2. The molecule has 1 aliphatic carbocycles. The summed E-state index contributed by atoms with van der Waals surface area (Å²) in [5, 5.41) is 12.8. The van der Waals surface area contributed by atoms with Crippen molar-refractivity contribution in [3.05, 3.63) is 29.3 Å². The number of aliphatic hydroxyl groups is 1. The minimum Gasteiger partial charge on any atom is -0.396 e. The lowest BCUT2D eigenvalue weighted by molar-refractivity contribution is 0.175. The SMILES string of the molecule is Cc1cc(C)n2c(CNC3CCC(CO)CC3)cnc2n1. The number of aliphatic hydroxyl groups excluding tert-OH is 1. The summed E-state index contributed by atoms with van der Waals surface area (Å²) in [6.45, 7) is 5.25. The topological polar surface area (TPSA) is 62.5 Å². The molecule has 1 aliphatic rings. The Bertz CT molecular complexity index is 614. The van der Waals surface area contributed by atoms with Crippen LogP contribution < -0.4 is 5.32 Å². The van der Waals surface area contributed by atoms with Crippen LogP contribution in [0.25, 0.3) is 5.78 Å². The van der Waals surface area contributed by atoms with Crippen molar-refractivity contribution in [3.63, 3.8) is 0 Å². The van der Waals surface area contributed by atoms with Crippen molar-refractivity contribution in [3.8, 4) is 0 Å². The molecule has 2 aromatic rings.